The smallest absolute Gasteiger partial charge is 0.247 e. The zero-order valence-electron chi connectivity index (χ0n) is 16.5. The van der Waals surface area contributed by atoms with E-state index in [2.05, 4.69) is 15.5 Å². The highest BCUT2D eigenvalue weighted by Gasteiger charge is 2.22. The largest absolute Gasteiger partial charge is 0.497 e. The van der Waals surface area contributed by atoms with Crippen molar-refractivity contribution in [3.05, 3.63) is 89.3 Å². The number of hydrogen-bond acceptors (Lipinski definition) is 6. The predicted octanol–water partition coefficient (Wildman–Crippen LogP) is 5.61. The third-order valence-electron chi connectivity index (χ3n) is 4.57. The fourth-order valence-electron chi connectivity index (χ4n) is 3.05. The van der Waals surface area contributed by atoms with Crippen LogP contribution in [0.25, 0.3) is 11.5 Å². The molecule has 0 radical (unpaired) electrons. The maximum Gasteiger partial charge on any atom is 0.247 e. The summed E-state index contributed by atoms with van der Waals surface area (Å²) in [6.45, 7) is 0. The van der Waals surface area contributed by atoms with E-state index in [1.54, 1.807) is 14.2 Å². The van der Waals surface area contributed by atoms with E-state index in [-0.39, 0.29) is 0 Å². The Kier molecular flexibility index (Phi) is 5.86. The highest BCUT2D eigenvalue weighted by atomic mass is 35.5. The minimum Gasteiger partial charge on any atom is -0.497 e. The number of benzene rings is 3. The second-order valence-electron chi connectivity index (χ2n) is 6.54. The number of rotatable bonds is 7. The number of nitrogens with zero attached hydrogens (tertiary/aromatic N) is 2. The Hall–Kier alpha value is -3.51. The normalized spacial score (nSPS) is 11.7. The maximum absolute atomic E-state index is 6.08. The Morgan fingerprint density at radius 2 is 1.53 bits per heavy atom. The lowest BCUT2D eigenvalue weighted by Crippen LogP contribution is -2.13. The van der Waals surface area contributed by atoms with Gasteiger partial charge in [-0.1, -0.05) is 41.9 Å². The Balaban J connectivity index is 1.73. The lowest BCUT2D eigenvalue weighted by atomic mass is 10.1. The number of hydrogen-bond donors (Lipinski definition) is 1. The monoisotopic (exact) mass is 421 g/mol. The third-order valence-corrected chi connectivity index (χ3v) is 4.83. The fourth-order valence-corrected chi connectivity index (χ4v) is 3.17. The lowest BCUT2D eigenvalue weighted by Gasteiger charge is -2.18. The summed E-state index contributed by atoms with van der Waals surface area (Å²) in [7, 11) is 3.22. The van der Waals surface area contributed by atoms with Gasteiger partial charge in [0.1, 0.15) is 17.5 Å². The number of anilines is 1. The topological polar surface area (TPSA) is 69.4 Å². The summed E-state index contributed by atoms with van der Waals surface area (Å²) in [6.07, 6.45) is 0. The van der Waals surface area contributed by atoms with Crippen molar-refractivity contribution < 1.29 is 13.9 Å². The van der Waals surface area contributed by atoms with Crippen LogP contribution in [-0.2, 0) is 0 Å². The second-order valence-corrected chi connectivity index (χ2v) is 6.98. The molecule has 3 aromatic carbocycles. The number of methoxy groups -OCH3 is 2. The summed E-state index contributed by atoms with van der Waals surface area (Å²) >= 11 is 6.08. The van der Waals surface area contributed by atoms with Crippen molar-refractivity contribution in [1.82, 2.24) is 10.2 Å². The molecule has 0 amide bonds. The quantitative estimate of drug-likeness (QED) is 0.418. The van der Waals surface area contributed by atoms with Gasteiger partial charge in [-0.15, -0.1) is 10.2 Å². The van der Waals surface area contributed by atoms with Crippen molar-refractivity contribution in [3.8, 4) is 23.0 Å². The van der Waals surface area contributed by atoms with Gasteiger partial charge in [0, 0.05) is 34.5 Å². The van der Waals surface area contributed by atoms with Crippen LogP contribution in [0.3, 0.4) is 0 Å². The first kappa shape index (κ1) is 19.8. The van der Waals surface area contributed by atoms with Crippen molar-refractivity contribution >= 4 is 17.3 Å². The second kappa shape index (κ2) is 8.88. The van der Waals surface area contributed by atoms with E-state index in [1.165, 1.54) is 0 Å². The molecule has 0 saturated heterocycles. The molecule has 4 rings (SSSR count). The SMILES string of the molecule is COc1cc(NC(c2ccc(Cl)cc2)c2nnc(-c3ccccc3)o2)cc(OC)c1. The number of aromatic nitrogens is 2. The Bertz CT molecular complexity index is 1090. The summed E-state index contributed by atoms with van der Waals surface area (Å²) in [5.74, 6) is 2.22. The highest BCUT2D eigenvalue weighted by Crippen LogP contribution is 2.32. The van der Waals surface area contributed by atoms with E-state index in [0.29, 0.717) is 28.3 Å². The van der Waals surface area contributed by atoms with Gasteiger partial charge in [-0.05, 0) is 29.8 Å². The summed E-state index contributed by atoms with van der Waals surface area (Å²) in [5, 5.41) is 12.6. The van der Waals surface area contributed by atoms with Gasteiger partial charge in [0.25, 0.3) is 0 Å². The molecule has 0 spiro atoms. The van der Waals surface area contributed by atoms with Crippen molar-refractivity contribution in [2.24, 2.45) is 0 Å². The van der Waals surface area contributed by atoms with E-state index in [9.17, 15) is 0 Å². The molecule has 0 fully saturated rings. The minimum atomic E-state index is -0.399. The van der Waals surface area contributed by atoms with Gasteiger partial charge in [-0.3, -0.25) is 0 Å². The predicted molar refractivity (Wildman–Crippen MR) is 116 cm³/mol. The molecule has 1 N–H and O–H groups in total. The van der Waals surface area contributed by atoms with Crippen LogP contribution >= 0.6 is 11.6 Å². The molecular formula is C23H20ClN3O3. The molecule has 6 nitrogen and oxygen atoms in total. The van der Waals surface area contributed by atoms with Crippen LogP contribution < -0.4 is 14.8 Å². The van der Waals surface area contributed by atoms with Gasteiger partial charge < -0.3 is 19.2 Å². The van der Waals surface area contributed by atoms with Crippen molar-refractivity contribution in [2.45, 2.75) is 6.04 Å². The molecule has 1 aromatic heterocycles. The van der Waals surface area contributed by atoms with Crippen LogP contribution in [-0.4, -0.2) is 24.4 Å². The Morgan fingerprint density at radius 1 is 0.867 bits per heavy atom. The van der Waals surface area contributed by atoms with Crippen LogP contribution in [0.1, 0.15) is 17.5 Å². The molecule has 0 bridgehead atoms. The first-order valence-electron chi connectivity index (χ1n) is 9.30. The first-order chi connectivity index (χ1) is 14.7. The van der Waals surface area contributed by atoms with Crippen LogP contribution in [0.2, 0.25) is 5.02 Å². The molecule has 0 saturated carbocycles. The van der Waals surface area contributed by atoms with Crippen molar-refractivity contribution in [1.29, 1.82) is 0 Å². The van der Waals surface area contributed by atoms with E-state index >= 15 is 0 Å². The molecular weight excluding hydrogens is 402 g/mol. The Labute approximate surface area is 179 Å². The number of ether oxygens (including phenoxy) is 2. The van der Waals surface area contributed by atoms with Crippen LogP contribution in [0, 0.1) is 0 Å². The molecule has 1 atom stereocenters. The number of nitrogens with one attached hydrogen (secondary N) is 1. The third kappa shape index (κ3) is 4.39. The summed E-state index contributed by atoms with van der Waals surface area (Å²) in [5.41, 5.74) is 2.56. The summed E-state index contributed by atoms with van der Waals surface area (Å²) in [6, 6.07) is 22.3. The van der Waals surface area contributed by atoms with Crippen molar-refractivity contribution in [3.63, 3.8) is 0 Å². The molecule has 30 heavy (non-hydrogen) atoms. The average molecular weight is 422 g/mol. The molecule has 0 aliphatic rings. The van der Waals surface area contributed by atoms with Gasteiger partial charge in [0.15, 0.2) is 0 Å². The lowest BCUT2D eigenvalue weighted by molar-refractivity contribution is 0.394. The molecule has 0 aliphatic carbocycles. The summed E-state index contributed by atoms with van der Waals surface area (Å²) in [4.78, 5) is 0. The Morgan fingerprint density at radius 3 is 2.17 bits per heavy atom. The van der Waals surface area contributed by atoms with Gasteiger partial charge in [0.05, 0.1) is 14.2 Å². The van der Waals surface area contributed by atoms with Crippen LogP contribution in [0.15, 0.2) is 77.2 Å². The number of halogens is 1. The zero-order chi connectivity index (χ0) is 20.9. The van der Waals surface area contributed by atoms with Gasteiger partial charge in [-0.25, -0.2) is 0 Å². The van der Waals surface area contributed by atoms with E-state index in [1.807, 2.05) is 72.8 Å². The molecule has 152 valence electrons. The standard InChI is InChI=1S/C23H20ClN3O3/c1-28-19-12-18(13-20(14-19)29-2)25-21(15-8-10-17(24)11-9-15)23-27-26-22(30-23)16-6-4-3-5-7-16/h3-14,21,25H,1-2H3. The average Bonchev–Trinajstić information content (AvgIpc) is 3.28. The highest BCUT2D eigenvalue weighted by molar-refractivity contribution is 6.30. The van der Waals surface area contributed by atoms with E-state index in [4.69, 9.17) is 25.5 Å². The van der Waals surface area contributed by atoms with Crippen LogP contribution in [0.5, 0.6) is 11.5 Å². The molecule has 4 aromatic rings. The van der Waals surface area contributed by atoms with Gasteiger partial charge in [0.2, 0.25) is 11.8 Å². The van der Waals surface area contributed by atoms with Gasteiger partial charge >= 0.3 is 0 Å². The molecule has 1 unspecified atom stereocenters. The maximum atomic E-state index is 6.08. The summed E-state index contributed by atoms with van der Waals surface area (Å²) < 4.78 is 16.8. The minimum absolute atomic E-state index is 0.399. The van der Waals surface area contributed by atoms with E-state index in [0.717, 1.165) is 16.8 Å². The van der Waals surface area contributed by atoms with E-state index < -0.39 is 6.04 Å². The van der Waals surface area contributed by atoms with Crippen LogP contribution in [0.4, 0.5) is 5.69 Å². The first-order valence-corrected chi connectivity index (χ1v) is 9.68. The van der Waals surface area contributed by atoms with Gasteiger partial charge in [-0.2, -0.15) is 0 Å². The fraction of sp³-hybridized carbons (Fsp3) is 0.130. The molecule has 7 heteroatoms. The molecule has 1 heterocycles. The van der Waals surface area contributed by atoms with Crippen molar-refractivity contribution in [2.75, 3.05) is 19.5 Å². The molecule has 0 aliphatic heterocycles. The zero-order valence-corrected chi connectivity index (χ0v) is 17.3.